The number of aliphatic hydroxyl groups is 1. The molecule has 1 amide bonds. The number of fused-ring (bicyclic) bond motifs is 1. The van der Waals surface area contributed by atoms with Gasteiger partial charge in [0, 0.05) is 18.0 Å². The Kier molecular flexibility index (Phi) is 7.48. The molecule has 0 spiro atoms. The molecule has 8 nitrogen and oxygen atoms in total. The Morgan fingerprint density at radius 2 is 1.97 bits per heavy atom. The Morgan fingerprint density at radius 3 is 2.64 bits per heavy atom. The Bertz CT molecular complexity index is 1340. The molecule has 5 rings (SSSR count). The van der Waals surface area contributed by atoms with Crippen LogP contribution in [-0.2, 0) is 4.79 Å². The third-order valence-electron chi connectivity index (χ3n) is 6.92. The highest BCUT2D eigenvalue weighted by Gasteiger charge is 2.36. The summed E-state index contributed by atoms with van der Waals surface area (Å²) in [6.07, 6.45) is 6.93. The summed E-state index contributed by atoms with van der Waals surface area (Å²) in [4.78, 5) is 25.4. The van der Waals surface area contributed by atoms with Crippen molar-refractivity contribution in [2.75, 3.05) is 5.73 Å². The minimum absolute atomic E-state index is 0. The number of nitrogen functional groups attached to an aromatic ring is 1. The van der Waals surface area contributed by atoms with Crippen molar-refractivity contribution < 1.29 is 14.3 Å². The van der Waals surface area contributed by atoms with Gasteiger partial charge >= 0.3 is 0 Å². The van der Waals surface area contributed by atoms with E-state index in [9.17, 15) is 14.3 Å². The van der Waals surface area contributed by atoms with Crippen LogP contribution in [0.15, 0.2) is 24.3 Å². The summed E-state index contributed by atoms with van der Waals surface area (Å²) >= 11 is 0. The zero-order valence-electron chi connectivity index (χ0n) is 19.9. The van der Waals surface area contributed by atoms with Crippen LogP contribution in [0.3, 0.4) is 0 Å². The maximum atomic E-state index is 14.1. The van der Waals surface area contributed by atoms with Crippen molar-refractivity contribution in [2.45, 2.75) is 69.4 Å². The van der Waals surface area contributed by atoms with E-state index in [2.05, 4.69) is 16.8 Å². The summed E-state index contributed by atoms with van der Waals surface area (Å²) < 4.78 is 16.1. The number of amides is 1. The first-order valence-corrected chi connectivity index (χ1v) is 12.2. The van der Waals surface area contributed by atoms with Gasteiger partial charge in [-0.25, -0.2) is 19.3 Å². The fourth-order valence-corrected chi connectivity index (χ4v) is 4.98. The number of nitrogens with two attached hydrogens (primary N) is 2. The topological polar surface area (TPSA) is 133 Å². The van der Waals surface area contributed by atoms with Crippen LogP contribution < -0.4 is 11.5 Å². The van der Waals surface area contributed by atoms with E-state index in [1.54, 1.807) is 12.1 Å². The number of halogens is 2. The zero-order chi connectivity index (χ0) is 24.6. The number of aromatic nitrogens is 4. The molecule has 0 radical (unpaired) electrons. The van der Waals surface area contributed by atoms with Crippen molar-refractivity contribution in [3.05, 3.63) is 35.9 Å². The van der Waals surface area contributed by atoms with Gasteiger partial charge in [0.25, 0.3) is 0 Å². The number of hydrogen-bond donors (Lipinski definition) is 3. The fourth-order valence-electron chi connectivity index (χ4n) is 4.98. The maximum absolute atomic E-state index is 14.1. The molecule has 10 heteroatoms. The molecule has 0 bridgehead atoms. The molecule has 5 N–H and O–H groups in total. The lowest BCUT2D eigenvalue weighted by molar-refractivity contribution is -0.118. The van der Waals surface area contributed by atoms with Gasteiger partial charge in [0.15, 0.2) is 17.0 Å². The lowest BCUT2D eigenvalue weighted by Crippen LogP contribution is -2.29. The number of carbonyl (C=O) groups excluding carboxylic acids is 1. The van der Waals surface area contributed by atoms with Gasteiger partial charge in [-0.1, -0.05) is 24.5 Å². The molecule has 36 heavy (non-hydrogen) atoms. The van der Waals surface area contributed by atoms with Crippen LogP contribution in [0.2, 0.25) is 0 Å². The first-order chi connectivity index (χ1) is 16.8. The van der Waals surface area contributed by atoms with Gasteiger partial charge in [0.05, 0.1) is 0 Å². The van der Waals surface area contributed by atoms with E-state index in [-0.39, 0.29) is 48.2 Å². The number of hydrogen-bond acceptors (Lipinski definition) is 6. The molecule has 2 saturated carbocycles. The fraction of sp³-hybridized carbons (Fsp3) is 0.462. The molecule has 0 aliphatic heterocycles. The van der Waals surface area contributed by atoms with E-state index in [0.717, 1.165) is 32.1 Å². The average Bonchev–Trinajstić information content (AvgIpc) is 3.59. The third-order valence-corrected chi connectivity index (χ3v) is 6.92. The van der Waals surface area contributed by atoms with E-state index in [1.807, 2.05) is 4.57 Å². The van der Waals surface area contributed by atoms with Gasteiger partial charge < -0.3 is 21.1 Å². The monoisotopic (exact) mass is 512 g/mol. The van der Waals surface area contributed by atoms with Gasteiger partial charge in [-0.2, -0.15) is 0 Å². The second-order valence-corrected chi connectivity index (χ2v) is 9.67. The molecule has 1 aromatic carbocycles. The van der Waals surface area contributed by atoms with E-state index in [4.69, 9.17) is 21.4 Å². The molecule has 190 valence electrons. The highest BCUT2D eigenvalue weighted by molar-refractivity contribution is 5.86. The lowest BCUT2D eigenvalue weighted by Gasteiger charge is -2.26. The van der Waals surface area contributed by atoms with E-state index in [1.165, 1.54) is 12.1 Å². The molecule has 2 aliphatic rings. The van der Waals surface area contributed by atoms with Crippen molar-refractivity contribution in [2.24, 2.45) is 11.7 Å². The molecule has 2 aliphatic carbocycles. The average molecular weight is 513 g/mol. The maximum Gasteiger partial charge on any atom is 0.217 e. The molecule has 2 fully saturated rings. The van der Waals surface area contributed by atoms with Crippen molar-refractivity contribution in [3.8, 4) is 23.2 Å². The summed E-state index contributed by atoms with van der Waals surface area (Å²) in [5.74, 6) is 6.33. The number of nitrogens with zero attached hydrogens (tertiary/aromatic N) is 4. The zero-order valence-corrected chi connectivity index (χ0v) is 20.7. The number of imidazole rings is 1. The Morgan fingerprint density at radius 1 is 1.22 bits per heavy atom. The summed E-state index contributed by atoms with van der Waals surface area (Å²) in [6.45, 7) is 0. The Labute approximate surface area is 215 Å². The Balaban J connectivity index is 0.00000304. The van der Waals surface area contributed by atoms with Gasteiger partial charge in [-0.15, -0.1) is 12.4 Å². The molecule has 1 unspecified atom stereocenters. The minimum atomic E-state index is -1.05. The minimum Gasteiger partial charge on any atom is -0.382 e. The normalized spacial score (nSPS) is 17.6. The molecule has 0 saturated heterocycles. The van der Waals surface area contributed by atoms with Crippen molar-refractivity contribution in [1.82, 2.24) is 19.5 Å². The summed E-state index contributed by atoms with van der Waals surface area (Å²) in [6, 6.07) is 6.09. The third kappa shape index (κ3) is 5.45. The van der Waals surface area contributed by atoms with Gasteiger partial charge in [-0.05, 0) is 68.9 Å². The van der Waals surface area contributed by atoms with Crippen LogP contribution in [0.4, 0.5) is 10.2 Å². The molecule has 2 aromatic heterocycles. The molecular formula is C26H30ClFN6O2. The predicted octanol–water partition coefficient (Wildman–Crippen LogP) is 3.90. The van der Waals surface area contributed by atoms with Crippen LogP contribution in [0, 0.1) is 23.6 Å². The van der Waals surface area contributed by atoms with Crippen LogP contribution >= 0.6 is 12.4 Å². The van der Waals surface area contributed by atoms with Crippen molar-refractivity contribution in [3.63, 3.8) is 0 Å². The van der Waals surface area contributed by atoms with Crippen LogP contribution in [0.25, 0.3) is 22.6 Å². The summed E-state index contributed by atoms with van der Waals surface area (Å²) in [5, 5.41) is 10.8. The lowest BCUT2D eigenvalue weighted by atomic mass is 9.85. The first-order valence-electron chi connectivity index (χ1n) is 12.2. The van der Waals surface area contributed by atoms with E-state index in [0.29, 0.717) is 47.7 Å². The molecule has 2 heterocycles. The SMILES string of the molecule is Cl.NC(=O)CCC(C1CC1)n1c(-c2cccc(F)c2)nc2c(N)nc(C#CC3(O)CCCCC3)nc21. The molecule has 1 atom stereocenters. The second-order valence-electron chi connectivity index (χ2n) is 9.67. The quantitative estimate of drug-likeness (QED) is 0.429. The number of rotatable bonds is 6. The number of anilines is 1. The Hall–Kier alpha value is -3.22. The van der Waals surface area contributed by atoms with Crippen molar-refractivity contribution >= 4 is 35.3 Å². The largest absolute Gasteiger partial charge is 0.382 e. The number of carbonyl (C=O) groups is 1. The van der Waals surface area contributed by atoms with Crippen LogP contribution in [0.5, 0.6) is 0 Å². The van der Waals surface area contributed by atoms with Gasteiger partial charge in [0.1, 0.15) is 17.2 Å². The van der Waals surface area contributed by atoms with Gasteiger partial charge in [0.2, 0.25) is 11.7 Å². The summed E-state index contributed by atoms with van der Waals surface area (Å²) in [5.41, 5.74) is 12.2. The highest BCUT2D eigenvalue weighted by Crippen LogP contribution is 2.45. The van der Waals surface area contributed by atoms with E-state index >= 15 is 0 Å². The predicted molar refractivity (Wildman–Crippen MR) is 137 cm³/mol. The second kappa shape index (κ2) is 10.4. The molecular weight excluding hydrogens is 483 g/mol. The highest BCUT2D eigenvalue weighted by atomic mass is 35.5. The standard InChI is InChI=1S/C26H29FN6O2.ClH/c27-18-6-4-5-17(15-18)24-32-22-23(29)30-21(11-14-26(35)12-2-1-3-13-26)31-25(22)33(24)19(16-7-8-16)9-10-20(28)34;/h4-6,15-16,19,35H,1-3,7-10,12-13H2,(H2,28,34)(H2,29,30,31);1H. The number of benzene rings is 1. The molecule has 3 aromatic rings. The van der Waals surface area contributed by atoms with Crippen molar-refractivity contribution in [1.29, 1.82) is 0 Å². The smallest absolute Gasteiger partial charge is 0.217 e. The van der Waals surface area contributed by atoms with Gasteiger partial charge in [-0.3, -0.25) is 4.79 Å². The summed E-state index contributed by atoms with van der Waals surface area (Å²) in [7, 11) is 0. The van der Waals surface area contributed by atoms with E-state index < -0.39 is 5.60 Å². The van der Waals surface area contributed by atoms with Crippen LogP contribution in [-0.4, -0.2) is 36.1 Å². The first kappa shape index (κ1) is 25.9. The van der Waals surface area contributed by atoms with Crippen LogP contribution in [0.1, 0.15) is 69.7 Å². The number of primary amides is 1.